The molecule has 2 saturated carbocycles. The molecule has 0 N–H and O–H groups in total. The lowest BCUT2D eigenvalue weighted by atomic mass is 9.89. The minimum absolute atomic E-state index is 0.588. The minimum Gasteiger partial charge on any atom is -0.300 e. The topological polar surface area (TPSA) is 17.1 Å². The van der Waals surface area contributed by atoms with Crippen molar-refractivity contribution in [3.63, 3.8) is 0 Å². The molecule has 2 aliphatic carbocycles. The summed E-state index contributed by atoms with van der Waals surface area (Å²) in [5.74, 6) is 2.00. The quantitative estimate of drug-likeness (QED) is 0.445. The summed E-state index contributed by atoms with van der Waals surface area (Å²) in [4.78, 5) is 12.5. The van der Waals surface area contributed by atoms with Gasteiger partial charge in [0.15, 0.2) is 0 Å². The van der Waals surface area contributed by atoms with Crippen molar-refractivity contribution in [1.29, 1.82) is 0 Å². The third-order valence-electron chi connectivity index (χ3n) is 6.48. The highest BCUT2D eigenvalue weighted by molar-refractivity contribution is 5.78. The lowest BCUT2D eigenvalue weighted by Gasteiger charge is -2.16. The van der Waals surface area contributed by atoms with Crippen LogP contribution in [0.15, 0.2) is 0 Å². The molecular formula is C23H42O. The van der Waals surface area contributed by atoms with Crippen LogP contribution in [-0.4, -0.2) is 5.78 Å². The highest BCUT2D eigenvalue weighted by Gasteiger charge is 2.20. The Morgan fingerprint density at radius 1 is 0.417 bits per heavy atom. The van der Waals surface area contributed by atoms with Gasteiger partial charge < -0.3 is 0 Å². The highest BCUT2D eigenvalue weighted by Crippen LogP contribution is 2.29. The summed E-state index contributed by atoms with van der Waals surface area (Å²) in [5.41, 5.74) is 0. The molecule has 0 aromatic rings. The van der Waals surface area contributed by atoms with Gasteiger partial charge in [-0.1, -0.05) is 116 Å². The van der Waals surface area contributed by atoms with Crippen LogP contribution in [0.1, 0.15) is 128 Å². The molecule has 0 radical (unpaired) electrons. The molecule has 2 fully saturated rings. The Morgan fingerprint density at radius 3 is 1.00 bits per heavy atom. The zero-order chi connectivity index (χ0) is 16.9. The lowest BCUT2D eigenvalue weighted by molar-refractivity contribution is -0.121. The molecule has 2 unspecified atom stereocenters. The number of carbonyl (C=O) groups excluding carboxylic acids is 1. The molecule has 2 atom stereocenters. The minimum atomic E-state index is 0.588. The largest absolute Gasteiger partial charge is 0.300 e. The van der Waals surface area contributed by atoms with Gasteiger partial charge in [0.2, 0.25) is 0 Å². The van der Waals surface area contributed by atoms with Crippen LogP contribution in [-0.2, 0) is 4.79 Å². The van der Waals surface area contributed by atoms with Crippen LogP contribution >= 0.6 is 0 Å². The average Bonchev–Trinajstić information content (AvgIpc) is 2.64. The Balaban J connectivity index is 1.81. The number of carbonyl (C=O) groups is 1. The molecule has 2 rings (SSSR count). The van der Waals surface area contributed by atoms with Gasteiger partial charge in [-0.15, -0.1) is 0 Å². The van der Waals surface area contributed by atoms with Crippen LogP contribution in [0.25, 0.3) is 0 Å². The molecule has 1 heteroatoms. The van der Waals surface area contributed by atoms with E-state index in [0.29, 0.717) is 17.6 Å². The molecule has 0 amide bonds. The maximum absolute atomic E-state index is 12.5. The molecule has 0 aliphatic heterocycles. The van der Waals surface area contributed by atoms with E-state index in [0.717, 1.165) is 12.8 Å². The molecule has 0 heterocycles. The second kappa shape index (κ2) is 13.0. The summed E-state index contributed by atoms with van der Waals surface area (Å²) in [6.07, 6.45) is 26.8. The SMILES string of the molecule is O=C1CC2CCCCCCCCCCCCCCC(CCCC2)C1. The Bertz CT molecular complexity index is 292. The van der Waals surface area contributed by atoms with Gasteiger partial charge >= 0.3 is 0 Å². The number of hydrogen-bond acceptors (Lipinski definition) is 1. The molecule has 2 bridgehead atoms. The van der Waals surface area contributed by atoms with Crippen LogP contribution in [0, 0.1) is 11.8 Å². The molecule has 0 saturated heterocycles. The predicted octanol–water partition coefficient (Wildman–Crippen LogP) is 7.62. The van der Waals surface area contributed by atoms with Gasteiger partial charge in [-0.25, -0.2) is 0 Å². The van der Waals surface area contributed by atoms with Crippen LogP contribution in [0.3, 0.4) is 0 Å². The van der Waals surface area contributed by atoms with Gasteiger partial charge in [-0.3, -0.25) is 4.79 Å². The van der Waals surface area contributed by atoms with E-state index in [2.05, 4.69) is 0 Å². The molecule has 2 aliphatic rings. The van der Waals surface area contributed by atoms with Crippen molar-refractivity contribution in [2.45, 2.75) is 128 Å². The van der Waals surface area contributed by atoms with E-state index in [1.165, 1.54) is 116 Å². The van der Waals surface area contributed by atoms with Crippen molar-refractivity contribution in [3.05, 3.63) is 0 Å². The smallest absolute Gasteiger partial charge is 0.133 e. The summed E-state index contributed by atoms with van der Waals surface area (Å²) in [7, 11) is 0. The van der Waals surface area contributed by atoms with Crippen molar-refractivity contribution < 1.29 is 4.79 Å². The van der Waals surface area contributed by atoms with E-state index in [1.807, 2.05) is 0 Å². The Labute approximate surface area is 151 Å². The second-order valence-corrected chi connectivity index (χ2v) is 8.78. The summed E-state index contributed by atoms with van der Waals surface area (Å²) in [6, 6.07) is 0. The fourth-order valence-corrected chi connectivity index (χ4v) is 4.92. The Hall–Kier alpha value is -0.330. The first kappa shape index (κ1) is 20.0. The number of Topliss-reactive ketones (excluding diaryl/α,β-unsaturated/α-hetero) is 1. The first-order valence-corrected chi connectivity index (χ1v) is 11.4. The zero-order valence-electron chi connectivity index (χ0n) is 16.2. The lowest BCUT2D eigenvalue weighted by Crippen LogP contribution is -2.12. The molecule has 1 nitrogen and oxygen atoms in total. The summed E-state index contributed by atoms with van der Waals surface area (Å²) in [6.45, 7) is 0. The molecular weight excluding hydrogens is 292 g/mol. The first-order valence-electron chi connectivity index (χ1n) is 11.4. The van der Waals surface area contributed by atoms with E-state index in [9.17, 15) is 4.79 Å². The van der Waals surface area contributed by atoms with E-state index < -0.39 is 0 Å². The van der Waals surface area contributed by atoms with Crippen LogP contribution in [0.4, 0.5) is 0 Å². The van der Waals surface area contributed by atoms with Crippen molar-refractivity contribution in [3.8, 4) is 0 Å². The van der Waals surface area contributed by atoms with Crippen LogP contribution in [0.2, 0.25) is 0 Å². The number of fused-ring (bicyclic) bond motifs is 4. The van der Waals surface area contributed by atoms with Crippen molar-refractivity contribution in [1.82, 2.24) is 0 Å². The van der Waals surface area contributed by atoms with Crippen molar-refractivity contribution in [2.75, 3.05) is 0 Å². The van der Waals surface area contributed by atoms with Gasteiger partial charge in [0.05, 0.1) is 0 Å². The van der Waals surface area contributed by atoms with Gasteiger partial charge in [0, 0.05) is 12.8 Å². The van der Waals surface area contributed by atoms with E-state index in [4.69, 9.17) is 0 Å². The van der Waals surface area contributed by atoms with Crippen LogP contribution < -0.4 is 0 Å². The molecule has 24 heavy (non-hydrogen) atoms. The number of rotatable bonds is 0. The Morgan fingerprint density at radius 2 is 0.667 bits per heavy atom. The third-order valence-corrected chi connectivity index (χ3v) is 6.48. The fourth-order valence-electron chi connectivity index (χ4n) is 4.92. The van der Waals surface area contributed by atoms with Gasteiger partial charge in [0.25, 0.3) is 0 Å². The monoisotopic (exact) mass is 334 g/mol. The highest BCUT2D eigenvalue weighted by atomic mass is 16.1. The van der Waals surface area contributed by atoms with Crippen molar-refractivity contribution in [2.24, 2.45) is 11.8 Å². The van der Waals surface area contributed by atoms with Gasteiger partial charge in [0.1, 0.15) is 5.78 Å². The Kier molecular flexibility index (Phi) is 10.8. The summed E-state index contributed by atoms with van der Waals surface area (Å²) >= 11 is 0. The molecule has 0 aromatic carbocycles. The van der Waals surface area contributed by atoms with E-state index >= 15 is 0 Å². The van der Waals surface area contributed by atoms with E-state index in [-0.39, 0.29) is 0 Å². The maximum atomic E-state index is 12.5. The van der Waals surface area contributed by atoms with Gasteiger partial charge in [-0.05, 0) is 11.8 Å². The molecule has 0 aromatic heterocycles. The first-order chi connectivity index (χ1) is 11.8. The summed E-state index contributed by atoms with van der Waals surface area (Å²) in [5, 5.41) is 0. The molecule has 140 valence electrons. The zero-order valence-corrected chi connectivity index (χ0v) is 16.2. The number of hydrogen-bond donors (Lipinski definition) is 0. The average molecular weight is 335 g/mol. The predicted molar refractivity (Wildman–Crippen MR) is 104 cm³/mol. The standard InChI is InChI=1S/C23H42O/c24-23-19-21-15-11-9-7-5-3-1-2-4-6-8-10-12-16-22(20-23)18-14-13-17-21/h21-22H,1-20H2. The van der Waals surface area contributed by atoms with E-state index in [1.54, 1.807) is 0 Å². The molecule has 0 spiro atoms. The third kappa shape index (κ3) is 9.23. The second-order valence-electron chi connectivity index (χ2n) is 8.78. The van der Waals surface area contributed by atoms with Crippen molar-refractivity contribution >= 4 is 5.78 Å². The maximum Gasteiger partial charge on any atom is 0.133 e. The number of ketones is 1. The van der Waals surface area contributed by atoms with Crippen LogP contribution in [0.5, 0.6) is 0 Å². The normalized spacial score (nSPS) is 30.6. The van der Waals surface area contributed by atoms with Gasteiger partial charge in [-0.2, -0.15) is 0 Å². The summed E-state index contributed by atoms with van der Waals surface area (Å²) < 4.78 is 0. The fraction of sp³-hybridized carbons (Fsp3) is 0.957.